The maximum atomic E-state index is 14.9. The molecule has 1 aliphatic rings. The molecule has 1 aliphatic heterocycles. The van der Waals surface area contributed by atoms with Crippen molar-refractivity contribution in [3.8, 4) is 28.6 Å². The minimum atomic E-state index is -1.53. The first-order chi connectivity index (χ1) is 19.7. The molecular formula is C29H22F4N4O4. The Hall–Kier alpha value is -4.87. The van der Waals surface area contributed by atoms with E-state index < -0.39 is 40.4 Å². The molecule has 0 saturated heterocycles. The number of benzene rings is 3. The minimum absolute atomic E-state index is 0.0348. The fourth-order valence-electron chi connectivity index (χ4n) is 5.10. The van der Waals surface area contributed by atoms with Gasteiger partial charge in [0.2, 0.25) is 11.6 Å². The Morgan fingerprint density at radius 3 is 2.76 bits per heavy atom. The molecule has 5 aromatic rings. The SMILES string of the molecule is CC1(c2nc(-c3cc(Oc4c(F)c(F)c5[nH]ccc5c4F)ccc3F)n[nH]2)CCOc2c(CCC(=O)O)cccc21. The Bertz CT molecular complexity index is 1820. The molecule has 3 aromatic carbocycles. The van der Waals surface area contributed by atoms with Crippen LogP contribution in [0.25, 0.3) is 22.3 Å². The molecule has 210 valence electrons. The highest BCUT2D eigenvalue weighted by atomic mass is 19.2. The van der Waals surface area contributed by atoms with Crippen LogP contribution in [0.2, 0.25) is 0 Å². The Balaban J connectivity index is 1.34. The Labute approximate surface area is 230 Å². The number of aliphatic carboxylic acids is 1. The van der Waals surface area contributed by atoms with Gasteiger partial charge in [-0.3, -0.25) is 9.89 Å². The second kappa shape index (κ2) is 9.95. The number of nitrogens with one attached hydrogen (secondary N) is 2. The van der Waals surface area contributed by atoms with E-state index in [1.807, 2.05) is 25.1 Å². The van der Waals surface area contributed by atoms with Crippen molar-refractivity contribution >= 4 is 16.9 Å². The lowest BCUT2D eigenvalue weighted by atomic mass is 9.76. The van der Waals surface area contributed by atoms with Crippen LogP contribution in [-0.4, -0.2) is 37.8 Å². The molecule has 0 spiro atoms. The third kappa shape index (κ3) is 4.45. The maximum absolute atomic E-state index is 14.9. The van der Waals surface area contributed by atoms with E-state index in [0.29, 0.717) is 24.6 Å². The van der Waals surface area contributed by atoms with Crippen molar-refractivity contribution in [1.29, 1.82) is 0 Å². The van der Waals surface area contributed by atoms with Gasteiger partial charge in [-0.2, -0.15) is 9.49 Å². The molecule has 1 atom stereocenters. The number of fused-ring (bicyclic) bond motifs is 2. The lowest BCUT2D eigenvalue weighted by Crippen LogP contribution is -2.33. The van der Waals surface area contributed by atoms with Gasteiger partial charge in [0, 0.05) is 23.6 Å². The first kappa shape index (κ1) is 26.4. The summed E-state index contributed by atoms with van der Waals surface area (Å²) in [6, 6.07) is 10.1. The molecule has 3 heterocycles. The molecule has 3 N–H and O–H groups in total. The highest BCUT2D eigenvalue weighted by Gasteiger charge is 2.39. The maximum Gasteiger partial charge on any atom is 0.303 e. The number of rotatable bonds is 7. The van der Waals surface area contributed by atoms with Crippen LogP contribution >= 0.6 is 0 Å². The standard InChI is InChI=1S/C29H22F4N4O4/c1-29(10-12-40-25-14(5-8-20(38)39)3-2-4-18(25)29)28-35-27(36-37-28)17-13-15(6-7-19(17)30)41-26-21(31)16-9-11-34-24(16)22(32)23(26)33/h2-4,6-7,9,11,13,34H,5,8,10,12H2,1H3,(H,38,39)(H,35,36,37). The Morgan fingerprint density at radius 1 is 1.12 bits per heavy atom. The number of para-hydroxylation sites is 1. The number of aromatic nitrogens is 4. The number of ether oxygens (including phenoxy) is 2. The van der Waals surface area contributed by atoms with Crippen molar-refractivity contribution in [3.63, 3.8) is 0 Å². The zero-order valence-corrected chi connectivity index (χ0v) is 21.5. The van der Waals surface area contributed by atoms with Crippen molar-refractivity contribution in [2.45, 2.75) is 31.6 Å². The third-order valence-corrected chi connectivity index (χ3v) is 7.35. The van der Waals surface area contributed by atoms with Crippen molar-refractivity contribution in [1.82, 2.24) is 20.2 Å². The van der Waals surface area contributed by atoms with E-state index in [4.69, 9.17) is 14.6 Å². The van der Waals surface area contributed by atoms with Gasteiger partial charge in [0.15, 0.2) is 17.5 Å². The highest BCUT2D eigenvalue weighted by Crippen LogP contribution is 2.44. The van der Waals surface area contributed by atoms with Crippen molar-refractivity contribution < 1.29 is 36.9 Å². The van der Waals surface area contributed by atoms with E-state index in [0.717, 1.165) is 23.3 Å². The van der Waals surface area contributed by atoms with Gasteiger partial charge in [0.05, 0.1) is 23.1 Å². The van der Waals surface area contributed by atoms with E-state index in [1.165, 1.54) is 18.3 Å². The van der Waals surface area contributed by atoms with E-state index in [-0.39, 0.29) is 40.9 Å². The van der Waals surface area contributed by atoms with E-state index in [9.17, 15) is 22.4 Å². The highest BCUT2D eigenvalue weighted by molar-refractivity contribution is 5.82. The van der Waals surface area contributed by atoms with Crippen LogP contribution < -0.4 is 9.47 Å². The predicted molar refractivity (Wildman–Crippen MR) is 139 cm³/mol. The smallest absolute Gasteiger partial charge is 0.303 e. The molecule has 41 heavy (non-hydrogen) atoms. The summed E-state index contributed by atoms with van der Waals surface area (Å²) in [5.41, 5.74) is 0.358. The number of hydrogen-bond acceptors (Lipinski definition) is 5. The summed E-state index contributed by atoms with van der Waals surface area (Å²) in [7, 11) is 0. The van der Waals surface area contributed by atoms with Crippen LogP contribution in [0.4, 0.5) is 17.6 Å². The summed E-state index contributed by atoms with van der Waals surface area (Å²) >= 11 is 0. The number of carboxylic acids is 1. The van der Waals surface area contributed by atoms with Gasteiger partial charge >= 0.3 is 5.97 Å². The quantitative estimate of drug-likeness (QED) is 0.155. The van der Waals surface area contributed by atoms with Crippen LogP contribution in [-0.2, 0) is 16.6 Å². The first-order valence-electron chi connectivity index (χ1n) is 12.7. The van der Waals surface area contributed by atoms with Crippen LogP contribution in [0.5, 0.6) is 17.2 Å². The third-order valence-electron chi connectivity index (χ3n) is 7.35. The summed E-state index contributed by atoms with van der Waals surface area (Å²) < 4.78 is 70.2. The normalized spacial score (nSPS) is 16.4. The molecule has 8 nitrogen and oxygen atoms in total. The number of carboxylic acid groups (broad SMARTS) is 1. The fraction of sp³-hybridized carbons (Fsp3) is 0.207. The number of hydrogen-bond donors (Lipinski definition) is 3. The van der Waals surface area contributed by atoms with E-state index >= 15 is 0 Å². The predicted octanol–water partition coefficient (Wildman–Crippen LogP) is 6.41. The zero-order valence-electron chi connectivity index (χ0n) is 21.5. The van der Waals surface area contributed by atoms with Crippen LogP contribution in [0, 0.1) is 23.3 Å². The molecule has 2 aromatic heterocycles. The van der Waals surface area contributed by atoms with Gasteiger partial charge in [-0.25, -0.2) is 18.2 Å². The van der Waals surface area contributed by atoms with Gasteiger partial charge < -0.3 is 19.6 Å². The molecule has 0 saturated carbocycles. The lowest BCUT2D eigenvalue weighted by Gasteiger charge is -2.35. The molecular weight excluding hydrogens is 544 g/mol. The molecule has 0 fully saturated rings. The molecule has 12 heteroatoms. The Kier molecular flexibility index (Phi) is 6.40. The van der Waals surface area contributed by atoms with E-state index in [2.05, 4.69) is 20.2 Å². The molecule has 0 bridgehead atoms. The lowest BCUT2D eigenvalue weighted by molar-refractivity contribution is -0.136. The number of aromatic amines is 2. The van der Waals surface area contributed by atoms with Crippen molar-refractivity contribution in [3.05, 3.63) is 88.9 Å². The van der Waals surface area contributed by atoms with Gasteiger partial charge in [-0.15, -0.1) is 0 Å². The van der Waals surface area contributed by atoms with Gasteiger partial charge in [-0.1, -0.05) is 18.2 Å². The van der Waals surface area contributed by atoms with E-state index in [1.54, 1.807) is 0 Å². The van der Waals surface area contributed by atoms with Crippen molar-refractivity contribution in [2.24, 2.45) is 0 Å². The van der Waals surface area contributed by atoms with Crippen LogP contribution in [0.3, 0.4) is 0 Å². The molecule has 6 rings (SSSR count). The first-order valence-corrected chi connectivity index (χ1v) is 12.7. The summed E-state index contributed by atoms with van der Waals surface area (Å²) in [5.74, 6) is -5.76. The second-order valence-electron chi connectivity index (χ2n) is 9.91. The largest absolute Gasteiger partial charge is 0.493 e. The number of halogens is 4. The fourth-order valence-corrected chi connectivity index (χ4v) is 5.10. The monoisotopic (exact) mass is 566 g/mol. The van der Waals surface area contributed by atoms with Gasteiger partial charge in [-0.05, 0) is 49.6 Å². The van der Waals surface area contributed by atoms with Gasteiger partial charge in [0.1, 0.15) is 23.1 Å². The number of aryl methyl sites for hydroxylation is 1. The van der Waals surface area contributed by atoms with Crippen LogP contribution in [0.1, 0.15) is 36.7 Å². The topological polar surface area (TPSA) is 113 Å². The summed E-state index contributed by atoms with van der Waals surface area (Å²) in [6.07, 6.45) is 2.01. The van der Waals surface area contributed by atoms with Gasteiger partial charge in [0.25, 0.3) is 0 Å². The summed E-state index contributed by atoms with van der Waals surface area (Å²) in [6.45, 7) is 2.26. The molecule has 0 aliphatic carbocycles. The minimum Gasteiger partial charge on any atom is -0.493 e. The summed E-state index contributed by atoms with van der Waals surface area (Å²) in [4.78, 5) is 18.1. The average Bonchev–Trinajstić information content (AvgIpc) is 3.65. The van der Waals surface area contributed by atoms with Crippen LogP contribution in [0.15, 0.2) is 48.7 Å². The Morgan fingerprint density at radius 2 is 1.95 bits per heavy atom. The van der Waals surface area contributed by atoms with Crippen molar-refractivity contribution in [2.75, 3.05) is 6.61 Å². The second-order valence-corrected chi connectivity index (χ2v) is 9.91. The number of carbonyl (C=O) groups is 1. The zero-order chi connectivity index (χ0) is 28.9. The number of H-pyrrole nitrogens is 2. The molecule has 0 radical (unpaired) electrons. The average molecular weight is 567 g/mol. The summed E-state index contributed by atoms with van der Waals surface area (Å²) in [5, 5.41) is 16.0. The molecule has 1 unspecified atom stereocenters. The number of nitrogens with zero attached hydrogens (tertiary/aromatic N) is 2. The molecule has 0 amide bonds.